The highest BCUT2D eigenvalue weighted by atomic mass is 31.1. The number of carbonyl (C=O) groups is 2. The lowest BCUT2D eigenvalue weighted by atomic mass is 10.1. The molecule has 0 fully saturated rings. The molecule has 0 aliphatic rings. The highest BCUT2D eigenvalue weighted by Crippen LogP contribution is 2.27. The summed E-state index contributed by atoms with van der Waals surface area (Å²) in [6.07, 6.45) is 0.808. The second-order valence-corrected chi connectivity index (χ2v) is 4.58. The van der Waals surface area contributed by atoms with Gasteiger partial charge in [0, 0.05) is 13.0 Å². The molecule has 0 aromatic carbocycles. The zero-order chi connectivity index (χ0) is 13.4. The molecule has 7 nitrogen and oxygen atoms in total. The molecule has 3 N–H and O–H groups in total. The van der Waals surface area contributed by atoms with Gasteiger partial charge >= 0.3 is 20.1 Å². The van der Waals surface area contributed by atoms with Gasteiger partial charge in [0.2, 0.25) is 0 Å². The van der Waals surface area contributed by atoms with E-state index in [0.717, 1.165) is 11.1 Å². The topological polar surface area (TPSA) is 115 Å². The number of aliphatic carboxylic acids is 2. The van der Waals surface area contributed by atoms with Crippen LogP contribution in [0.3, 0.4) is 0 Å². The predicted octanol–water partition coefficient (Wildman–Crippen LogP) is 1.06. The SMILES string of the molecule is CCCCN([C@@H](CCC(=O)O)C(=O)O)[P+](=O)O. The van der Waals surface area contributed by atoms with Crippen LogP contribution >= 0.6 is 8.18 Å². The van der Waals surface area contributed by atoms with Crippen molar-refractivity contribution in [1.29, 1.82) is 0 Å². The van der Waals surface area contributed by atoms with E-state index < -0.39 is 26.2 Å². The molecule has 0 saturated heterocycles. The third kappa shape index (κ3) is 6.31. The molecule has 98 valence electrons. The van der Waals surface area contributed by atoms with Crippen molar-refractivity contribution in [2.75, 3.05) is 6.54 Å². The Morgan fingerprint density at radius 3 is 2.29 bits per heavy atom. The fourth-order valence-electron chi connectivity index (χ4n) is 1.34. The lowest BCUT2D eigenvalue weighted by Gasteiger charge is -2.16. The van der Waals surface area contributed by atoms with Crippen molar-refractivity contribution >= 4 is 20.1 Å². The predicted molar refractivity (Wildman–Crippen MR) is 59.7 cm³/mol. The molecule has 0 aliphatic carbocycles. The van der Waals surface area contributed by atoms with Crippen molar-refractivity contribution < 1.29 is 29.3 Å². The first-order chi connectivity index (χ1) is 7.90. The Balaban J connectivity index is 4.64. The normalized spacial score (nSPS) is 13.5. The minimum Gasteiger partial charge on any atom is -0.481 e. The quantitative estimate of drug-likeness (QED) is 0.534. The minimum absolute atomic E-state index is 0.165. The molecule has 8 heteroatoms. The van der Waals surface area contributed by atoms with Gasteiger partial charge in [0.25, 0.3) is 0 Å². The van der Waals surface area contributed by atoms with Gasteiger partial charge in [0.15, 0.2) is 6.04 Å². The Bertz CT molecular complexity index is 295. The monoisotopic (exact) mass is 266 g/mol. The summed E-state index contributed by atoms with van der Waals surface area (Å²) in [5.41, 5.74) is 0. The third-order valence-electron chi connectivity index (χ3n) is 2.24. The number of carboxylic acid groups (broad SMARTS) is 2. The molecule has 0 amide bonds. The van der Waals surface area contributed by atoms with Gasteiger partial charge < -0.3 is 10.2 Å². The molecule has 0 radical (unpaired) electrons. The summed E-state index contributed by atoms with van der Waals surface area (Å²) in [6, 6.07) is -1.23. The van der Waals surface area contributed by atoms with E-state index in [0.29, 0.717) is 6.42 Å². The maximum Gasteiger partial charge on any atom is 0.613 e. The average molecular weight is 266 g/mol. The summed E-state index contributed by atoms with van der Waals surface area (Å²) in [4.78, 5) is 30.4. The van der Waals surface area contributed by atoms with Crippen LogP contribution in [-0.2, 0) is 14.2 Å². The van der Waals surface area contributed by atoms with Gasteiger partial charge in [0.05, 0.1) is 0 Å². The highest BCUT2D eigenvalue weighted by Gasteiger charge is 2.38. The van der Waals surface area contributed by atoms with Crippen LogP contribution in [0, 0.1) is 0 Å². The fraction of sp³-hybridized carbons (Fsp3) is 0.778. The summed E-state index contributed by atoms with van der Waals surface area (Å²) < 4.78 is 12.0. The van der Waals surface area contributed by atoms with E-state index in [2.05, 4.69) is 0 Å². The van der Waals surface area contributed by atoms with Crippen LogP contribution in [0.5, 0.6) is 0 Å². The average Bonchev–Trinajstić information content (AvgIpc) is 2.21. The standard InChI is InChI=1S/C9H16NO6P/c1-2-3-6-10(17(15)16)7(9(13)14)4-5-8(11)12/h7H,2-6H2,1H3,(H2-,11,12,13,14,15,16)/p+1/t7-/m0/s1. The Hall–Kier alpha value is -1.04. The molecule has 0 aromatic rings. The molecular weight excluding hydrogens is 249 g/mol. The summed E-state index contributed by atoms with van der Waals surface area (Å²) in [5.74, 6) is -2.40. The van der Waals surface area contributed by atoms with E-state index in [1.165, 1.54) is 0 Å². The van der Waals surface area contributed by atoms with Gasteiger partial charge in [-0.1, -0.05) is 18.0 Å². The van der Waals surface area contributed by atoms with Gasteiger partial charge in [-0.25, -0.2) is 0 Å². The van der Waals surface area contributed by atoms with Crippen LogP contribution in [0.1, 0.15) is 32.6 Å². The highest BCUT2D eigenvalue weighted by molar-refractivity contribution is 7.35. The Morgan fingerprint density at radius 1 is 1.35 bits per heavy atom. The van der Waals surface area contributed by atoms with Crippen molar-refractivity contribution in [3.05, 3.63) is 0 Å². The third-order valence-corrected chi connectivity index (χ3v) is 3.16. The second-order valence-electron chi connectivity index (χ2n) is 3.56. The van der Waals surface area contributed by atoms with Crippen LogP contribution in [-0.4, -0.2) is 44.3 Å². The van der Waals surface area contributed by atoms with Crippen LogP contribution in [0.4, 0.5) is 0 Å². The molecule has 0 heterocycles. The lowest BCUT2D eigenvalue weighted by Crippen LogP contribution is -2.37. The number of unbranched alkanes of at least 4 members (excludes halogenated alkanes) is 1. The van der Waals surface area contributed by atoms with E-state index in [-0.39, 0.29) is 19.4 Å². The Morgan fingerprint density at radius 2 is 1.94 bits per heavy atom. The van der Waals surface area contributed by atoms with Gasteiger partial charge in [-0.05, 0) is 17.4 Å². The van der Waals surface area contributed by atoms with Crippen molar-refractivity contribution in [2.24, 2.45) is 0 Å². The summed E-state index contributed by atoms with van der Waals surface area (Å²) in [7, 11) is -2.77. The van der Waals surface area contributed by atoms with Crippen molar-refractivity contribution in [2.45, 2.75) is 38.6 Å². The van der Waals surface area contributed by atoms with Crippen molar-refractivity contribution in [3.63, 3.8) is 0 Å². The smallest absolute Gasteiger partial charge is 0.481 e. The van der Waals surface area contributed by atoms with E-state index in [1.807, 2.05) is 6.92 Å². The van der Waals surface area contributed by atoms with Crippen molar-refractivity contribution in [1.82, 2.24) is 4.67 Å². The molecule has 0 aliphatic heterocycles. The number of hydrogen-bond donors (Lipinski definition) is 3. The molecule has 0 rings (SSSR count). The van der Waals surface area contributed by atoms with Gasteiger partial charge in [-0.3, -0.25) is 9.59 Å². The first-order valence-electron chi connectivity index (χ1n) is 5.27. The van der Waals surface area contributed by atoms with Gasteiger partial charge in [-0.15, -0.1) is 4.89 Å². The van der Waals surface area contributed by atoms with Gasteiger partial charge in [-0.2, -0.15) is 0 Å². The molecule has 0 aromatic heterocycles. The van der Waals surface area contributed by atoms with Crippen LogP contribution < -0.4 is 0 Å². The molecule has 0 spiro atoms. The number of hydrogen-bond acceptors (Lipinski definition) is 3. The first kappa shape index (κ1) is 16.0. The Kier molecular flexibility index (Phi) is 7.61. The molecule has 0 saturated carbocycles. The van der Waals surface area contributed by atoms with Crippen LogP contribution in [0.25, 0.3) is 0 Å². The minimum atomic E-state index is -2.77. The Labute approximate surface area is 100.0 Å². The van der Waals surface area contributed by atoms with E-state index in [9.17, 15) is 14.2 Å². The number of nitrogens with zero attached hydrogens (tertiary/aromatic N) is 1. The zero-order valence-corrected chi connectivity index (χ0v) is 10.5. The van der Waals surface area contributed by atoms with E-state index in [1.54, 1.807) is 0 Å². The van der Waals surface area contributed by atoms with Crippen LogP contribution in [0.15, 0.2) is 0 Å². The lowest BCUT2D eigenvalue weighted by molar-refractivity contribution is -0.142. The zero-order valence-electron chi connectivity index (χ0n) is 9.57. The van der Waals surface area contributed by atoms with Crippen LogP contribution in [0.2, 0.25) is 0 Å². The first-order valence-corrected chi connectivity index (χ1v) is 6.44. The molecular formula is C9H17NO6P+. The number of rotatable bonds is 9. The summed E-state index contributed by atoms with van der Waals surface area (Å²) in [6.45, 7) is 2.04. The van der Waals surface area contributed by atoms with Gasteiger partial charge in [0.1, 0.15) is 0 Å². The maximum absolute atomic E-state index is 11.1. The fourth-order valence-corrected chi connectivity index (χ4v) is 2.11. The molecule has 2 atom stereocenters. The van der Waals surface area contributed by atoms with E-state index >= 15 is 0 Å². The van der Waals surface area contributed by atoms with E-state index in [4.69, 9.17) is 15.1 Å². The van der Waals surface area contributed by atoms with Crippen molar-refractivity contribution in [3.8, 4) is 0 Å². The number of carboxylic acids is 2. The summed E-state index contributed by atoms with van der Waals surface area (Å²) >= 11 is 0. The maximum atomic E-state index is 11.1. The molecule has 0 bridgehead atoms. The summed E-state index contributed by atoms with van der Waals surface area (Å²) in [5, 5.41) is 17.4. The molecule has 1 unspecified atom stereocenters. The second kappa shape index (κ2) is 8.11. The molecule has 17 heavy (non-hydrogen) atoms. The largest absolute Gasteiger partial charge is 0.613 e.